The molecule has 2 aliphatic rings. The van der Waals surface area contributed by atoms with E-state index in [1.54, 1.807) is 6.08 Å². The van der Waals surface area contributed by atoms with E-state index in [1.165, 1.54) is 64.2 Å². The van der Waals surface area contributed by atoms with E-state index in [2.05, 4.69) is 31.2 Å². The van der Waals surface area contributed by atoms with Crippen LogP contribution in [0.5, 0.6) is 0 Å². The monoisotopic (exact) mass is 285 g/mol. The van der Waals surface area contributed by atoms with E-state index in [1.807, 2.05) is 0 Å². The molecule has 1 nitrogen and oxygen atoms in total. The van der Waals surface area contributed by atoms with Gasteiger partial charge in [0.2, 0.25) is 0 Å². The van der Waals surface area contributed by atoms with Gasteiger partial charge in [-0.1, -0.05) is 38.0 Å². The van der Waals surface area contributed by atoms with Gasteiger partial charge in [0.05, 0.1) is 6.07 Å². The number of allylic oxidation sites excluding steroid dienone is 4. The van der Waals surface area contributed by atoms with E-state index in [4.69, 9.17) is 5.26 Å². The van der Waals surface area contributed by atoms with Crippen molar-refractivity contribution in [1.29, 1.82) is 5.26 Å². The van der Waals surface area contributed by atoms with Crippen molar-refractivity contribution in [3.63, 3.8) is 0 Å². The second-order valence-corrected chi connectivity index (χ2v) is 7.12. The lowest BCUT2D eigenvalue weighted by atomic mass is 9.78. The number of hydrogen-bond donors (Lipinski definition) is 0. The van der Waals surface area contributed by atoms with Crippen LogP contribution in [0.25, 0.3) is 0 Å². The van der Waals surface area contributed by atoms with Crippen LogP contribution in [0.15, 0.2) is 24.3 Å². The first kappa shape index (κ1) is 16.3. The molecule has 0 amide bonds. The van der Waals surface area contributed by atoms with Gasteiger partial charge in [0.15, 0.2) is 0 Å². The van der Waals surface area contributed by atoms with E-state index >= 15 is 0 Å². The zero-order valence-corrected chi connectivity index (χ0v) is 13.6. The summed E-state index contributed by atoms with van der Waals surface area (Å²) < 4.78 is 0. The van der Waals surface area contributed by atoms with Crippen LogP contribution in [0.2, 0.25) is 0 Å². The molecule has 2 saturated carbocycles. The van der Waals surface area contributed by atoms with Gasteiger partial charge in [-0.3, -0.25) is 0 Å². The third-order valence-corrected chi connectivity index (χ3v) is 5.50. The molecule has 0 aromatic rings. The number of nitriles is 1. The Labute approximate surface area is 131 Å². The van der Waals surface area contributed by atoms with Gasteiger partial charge in [0.1, 0.15) is 0 Å². The van der Waals surface area contributed by atoms with Gasteiger partial charge in [-0.2, -0.15) is 5.26 Å². The topological polar surface area (TPSA) is 23.8 Å². The number of rotatable bonds is 5. The Morgan fingerprint density at radius 1 is 0.810 bits per heavy atom. The summed E-state index contributed by atoms with van der Waals surface area (Å²) in [7, 11) is 0. The number of hydrogen-bond acceptors (Lipinski definition) is 1. The summed E-state index contributed by atoms with van der Waals surface area (Å²) in [5.41, 5.74) is 0. The largest absolute Gasteiger partial charge is 0.193 e. The quantitative estimate of drug-likeness (QED) is 0.446. The highest BCUT2D eigenvalue weighted by molar-refractivity contribution is 5.05. The maximum atomic E-state index is 8.58. The molecule has 0 saturated heterocycles. The predicted octanol–water partition coefficient (Wildman–Crippen LogP) is 6.04. The SMILES string of the molecule is CCCC1CCC(/C=C/C2CCC(C=CC#N)CC2)CC1. The summed E-state index contributed by atoms with van der Waals surface area (Å²) >= 11 is 0. The average molecular weight is 285 g/mol. The molecule has 2 rings (SSSR count). The molecule has 0 atom stereocenters. The van der Waals surface area contributed by atoms with Gasteiger partial charge in [0, 0.05) is 6.08 Å². The summed E-state index contributed by atoms with van der Waals surface area (Å²) in [5.74, 6) is 3.32. The second kappa shape index (κ2) is 9.08. The van der Waals surface area contributed by atoms with Gasteiger partial charge in [-0.25, -0.2) is 0 Å². The molecule has 116 valence electrons. The molecule has 0 N–H and O–H groups in total. The summed E-state index contributed by atoms with van der Waals surface area (Å²) in [6, 6.07) is 2.11. The van der Waals surface area contributed by atoms with Crippen molar-refractivity contribution in [2.75, 3.05) is 0 Å². The molecule has 1 heteroatoms. The third-order valence-electron chi connectivity index (χ3n) is 5.50. The van der Waals surface area contributed by atoms with Crippen molar-refractivity contribution in [3.8, 4) is 6.07 Å². The van der Waals surface area contributed by atoms with Gasteiger partial charge < -0.3 is 0 Å². The molecular formula is C20H31N. The highest BCUT2D eigenvalue weighted by Crippen LogP contribution is 2.34. The first-order valence-corrected chi connectivity index (χ1v) is 9.06. The fourth-order valence-electron chi connectivity index (χ4n) is 4.10. The Morgan fingerprint density at radius 3 is 1.76 bits per heavy atom. The van der Waals surface area contributed by atoms with E-state index in [0.717, 1.165) is 17.8 Å². The number of nitrogens with zero attached hydrogens (tertiary/aromatic N) is 1. The van der Waals surface area contributed by atoms with Crippen molar-refractivity contribution in [2.45, 2.75) is 71.1 Å². The van der Waals surface area contributed by atoms with Crippen LogP contribution < -0.4 is 0 Å². The zero-order chi connectivity index (χ0) is 14.9. The Balaban J connectivity index is 1.67. The van der Waals surface area contributed by atoms with Crippen LogP contribution in [0, 0.1) is 35.0 Å². The standard InChI is InChI=1S/C20H31N/c1-2-4-17-6-10-19(11-7-17)14-15-20-12-8-18(9-13-20)5-3-16-21/h3,5,14-15,17-20H,2,4,6-13H2,1H3/b5-3?,15-14+. The second-order valence-electron chi connectivity index (χ2n) is 7.12. The molecule has 0 bridgehead atoms. The maximum absolute atomic E-state index is 8.58. The highest BCUT2D eigenvalue weighted by atomic mass is 14.3. The molecule has 0 heterocycles. The van der Waals surface area contributed by atoms with E-state index in [9.17, 15) is 0 Å². The fraction of sp³-hybridized carbons (Fsp3) is 0.750. The Morgan fingerprint density at radius 2 is 1.29 bits per heavy atom. The summed E-state index contributed by atoms with van der Waals surface area (Å²) in [5, 5.41) is 8.58. The Bertz CT molecular complexity index is 371. The summed E-state index contributed by atoms with van der Waals surface area (Å²) in [6.07, 6.45) is 22.5. The van der Waals surface area contributed by atoms with E-state index in [0.29, 0.717) is 5.92 Å². The molecule has 0 spiro atoms. The van der Waals surface area contributed by atoms with Crippen LogP contribution in [0.3, 0.4) is 0 Å². The van der Waals surface area contributed by atoms with Crippen LogP contribution in [-0.2, 0) is 0 Å². The van der Waals surface area contributed by atoms with Crippen molar-refractivity contribution in [2.24, 2.45) is 23.7 Å². The average Bonchev–Trinajstić information content (AvgIpc) is 2.53. The van der Waals surface area contributed by atoms with E-state index < -0.39 is 0 Å². The molecule has 2 fully saturated rings. The molecule has 0 unspecified atom stereocenters. The minimum Gasteiger partial charge on any atom is -0.193 e. The highest BCUT2D eigenvalue weighted by Gasteiger charge is 2.20. The maximum Gasteiger partial charge on any atom is 0.0908 e. The van der Waals surface area contributed by atoms with Crippen molar-refractivity contribution >= 4 is 0 Å². The molecule has 0 aromatic heterocycles. The molecule has 0 aromatic carbocycles. The normalized spacial score (nSPS) is 34.3. The van der Waals surface area contributed by atoms with Crippen LogP contribution in [0.1, 0.15) is 71.1 Å². The lowest BCUT2D eigenvalue weighted by molar-refractivity contribution is 0.292. The first-order valence-electron chi connectivity index (χ1n) is 9.06. The van der Waals surface area contributed by atoms with Crippen molar-refractivity contribution in [1.82, 2.24) is 0 Å². The van der Waals surface area contributed by atoms with Crippen LogP contribution in [0.4, 0.5) is 0 Å². The van der Waals surface area contributed by atoms with Gasteiger partial charge >= 0.3 is 0 Å². The lowest BCUT2D eigenvalue weighted by Gasteiger charge is -2.28. The summed E-state index contributed by atoms with van der Waals surface area (Å²) in [6.45, 7) is 2.31. The van der Waals surface area contributed by atoms with Crippen LogP contribution in [-0.4, -0.2) is 0 Å². The van der Waals surface area contributed by atoms with Gasteiger partial charge in [-0.15, -0.1) is 0 Å². The van der Waals surface area contributed by atoms with E-state index in [-0.39, 0.29) is 0 Å². The Kier molecular flexibility index (Phi) is 7.07. The smallest absolute Gasteiger partial charge is 0.0908 e. The first-order chi connectivity index (χ1) is 10.3. The van der Waals surface area contributed by atoms with Crippen LogP contribution >= 0.6 is 0 Å². The van der Waals surface area contributed by atoms with Crippen molar-refractivity contribution in [3.05, 3.63) is 24.3 Å². The molecule has 2 aliphatic carbocycles. The molecule has 21 heavy (non-hydrogen) atoms. The molecule has 0 aliphatic heterocycles. The minimum atomic E-state index is 0.652. The molecule has 0 radical (unpaired) electrons. The fourth-order valence-corrected chi connectivity index (χ4v) is 4.10. The van der Waals surface area contributed by atoms with Gasteiger partial charge in [0.25, 0.3) is 0 Å². The van der Waals surface area contributed by atoms with Crippen molar-refractivity contribution < 1.29 is 0 Å². The Hall–Kier alpha value is -1.03. The lowest BCUT2D eigenvalue weighted by Crippen LogP contribution is -2.14. The third kappa shape index (κ3) is 5.70. The summed E-state index contributed by atoms with van der Waals surface area (Å²) in [4.78, 5) is 0. The zero-order valence-electron chi connectivity index (χ0n) is 13.6. The predicted molar refractivity (Wildman–Crippen MR) is 89.7 cm³/mol. The minimum absolute atomic E-state index is 0.652. The molecular weight excluding hydrogens is 254 g/mol. The van der Waals surface area contributed by atoms with Gasteiger partial charge in [-0.05, 0) is 75.0 Å².